The summed E-state index contributed by atoms with van der Waals surface area (Å²) in [6.45, 7) is 25.3. The Morgan fingerprint density at radius 1 is 0.942 bits per heavy atom. The van der Waals surface area contributed by atoms with E-state index in [-0.39, 0.29) is 53.6 Å². The van der Waals surface area contributed by atoms with Gasteiger partial charge in [-0.05, 0) is 84.2 Å². The normalized spacial score (nSPS) is 13.1. The van der Waals surface area contributed by atoms with Crippen molar-refractivity contribution in [2.24, 2.45) is 16.7 Å². The first-order valence-electron chi connectivity index (χ1n) is 18.5. The first-order chi connectivity index (χ1) is 23.9. The number of phenolic OH excluding ortho intramolecular Hbond substituents is 1. The van der Waals surface area contributed by atoms with Gasteiger partial charge in [0.25, 0.3) is 0 Å². The summed E-state index contributed by atoms with van der Waals surface area (Å²) < 4.78 is 7.54. The van der Waals surface area contributed by atoms with Crippen molar-refractivity contribution >= 4 is 54.7 Å². The summed E-state index contributed by atoms with van der Waals surface area (Å²) in [5.41, 5.74) is 5.82. The number of aliphatic hydroxyl groups is 1. The van der Waals surface area contributed by atoms with E-state index >= 15 is 0 Å². The van der Waals surface area contributed by atoms with Crippen LogP contribution in [0.1, 0.15) is 126 Å². The number of aliphatic hydroxyl groups excluding tert-OH is 1. The fraction of sp³-hybridized carbons (Fsp3) is 0.467. The van der Waals surface area contributed by atoms with Gasteiger partial charge in [-0.2, -0.15) is 11.3 Å². The molecule has 5 aromatic rings. The Labute approximate surface area is 329 Å². The van der Waals surface area contributed by atoms with E-state index in [1.807, 2.05) is 53.7 Å². The molecule has 0 spiro atoms. The third-order valence-corrected chi connectivity index (χ3v) is 11.9. The van der Waals surface area contributed by atoms with Crippen LogP contribution in [-0.4, -0.2) is 21.0 Å². The SMILES string of the molecule is C/C(=C\CC(C)C)c1c(O)ccc2oc3ccnc(-c4[c-]c5ccsc5c(C(C)(C)C)c4)c3c12.CCC(C)(CC)C(=O)/C=C(\O)C(C)(CC)CC.[Ir]. The fourth-order valence-corrected chi connectivity index (χ4v) is 7.37. The maximum atomic E-state index is 12.2. The van der Waals surface area contributed by atoms with Crippen LogP contribution in [0.25, 0.3) is 48.9 Å². The Hall–Kier alpha value is -3.25. The molecule has 2 aromatic carbocycles. The van der Waals surface area contributed by atoms with Crippen molar-refractivity contribution in [3.63, 3.8) is 0 Å². The second-order valence-corrected chi connectivity index (χ2v) is 16.8. The number of thiophene rings is 1. The maximum absolute atomic E-state index is 12.2. The van der Waals surface area contributed by atoms with Gasteiger partial charge in [0.05, 0.1) is 0 Å². The van der Waals surface area contributed by atoms with Gasteiger partial charge < -0.3 is 14.6 Å². The van der Waals surface area contributed by atoms with Gasteiger partial charge in [0, 0.05) is 65.2 Å². The summed E-state index contributed by atoms with van der Waals surface area (Å²) in [6, 6.07) is 13.4. The number of ketones is 1. The molecular formula is C45H58IrNO4S-. The molecule has 0 aliphatic carbocycles. The molecule has 0 aliphatic rings. The van der Waals surface area contributed by atoms with Gasteiger partial charge in [-0.15, -0.1) is 23.6 Å². The largest absolute Gasteiger partial charge is 0.512 e. The van der Waals surface area contributed by atoms with Crippen LogP contribution in [0.4, 0.5) is 0 Å². The van der Waals surface area contributed by atoms with Crippen molar-refractivity contribution in [1.29, 1.82) is 0 Å². The van der Waals surface area contributed by atoms with Gasteiger partial charge in [-0.3, -0.25) is 9.78 Å². The molecule has 0 aliphatic heterocycles. The number of aromatic hydroxyl groups is 1. The first kappa shape index (κ1) is 43.2. The fourth-order valence-electron chi connectivity index (χ4n) is 6.29. The number of furan rings is 1. The zero-order valence-electron chi connectivity index (χ0n) is 33.2. The Morgan fingerprint density at radius 3 is 2.13 bits per heavy atom. The number of pyridine rings is 1. The van der Waals surface area contributed by atoms with Crippen LogP contribution in [0.5, 0.6) is 5.75 Å². The molecule has 5 rings (SSSR count). The third kappa shape index (κ3) is 8.92. The Morgan fingerprint density at radius 2 is 1.56 bits per heavy atom. The second kappa shape index (κ2) is 17.3. The van der Waals surface area contributed by atoms with Gasteiger partial charge in [0.2, 0.25) is 0 Å². The predicted octanol–water partition coefficient (Wildman–Crippen LogP) is 13.8. The predicted molar refractivity (Wildman–Crippen MR) is 218 cm³/mol. The van der Waals surface area contributed by atoms with Crippen LogP contribution in [0, 0.1) is 22.8 Å². The smallest absolute Gasteiger partial charge is 0.164 e. The minimum Gasteiger partial charge on any atom is -0.512 e. The molecule has 0 atom stereocenters. The molecule has 7 heteroatoms. The van der Waals surface area contributed by atoms with E-state index in [4.69, 9.17) is 9.40 Å². The average molecular weight is 901 g/mol. The molecule has 0 saturated carbocycles. The van der Waals surface area contributed by atoms with Gasteiger partial charge in [0.15, 0.2) is 5.78 Å². The number of nitrogens with zero attached hydrogens (tertiary/aromatic N) is 1. The van der Waals surface area contributed by atoms with Crippen LogP contribution in [0.15, 0.2) is 64.2 Å². The molecule has 2 N–H and O–H groups in total. The molecule has 0 fully saturated rings. The average Bonchev–Trinajstić information content (AvgIpc) is 3.74. The molecule has 5 nitrogen and oxygen atoms in total. The minimum atomic E-state index is -0.337. The quantitative estimate of drug-likeness (QED) is 0.0784. The summed E-state index contributed by atoms with van der Waals surface area (Å²) in [5.74, 6) is 1.08. The zero-order chi connectivity index (χ0) is 37.9. The van der Waals surface area contributed by atoms with Crippen LogP contribution in [0.3, 0.4) is 0 Å². The van der Waals surface area contributed by atoms with E-state index in [9.17, 15) is 15.0 Å². The maximum Gasteiger partial charge on any atom is 0.164 e. The van der Waals surface area contributed by atoms with Crippen molar-refractivity contribution in [1.82, 2.24) is 4.98 Å². The Bertz CT molecular complexity index is 2070. The standard InChI is InChI=1S/C30H30NO2S.C15H28O2.Ir/c1-17(2)7-8-18(3)25-22(32)9-10-23-26(25)27-24(33-23)11-13-31-28(27)20-15-19-12-14-34-29(19)21(16-20)30(4,5)6;1-7-14(5,8-2)12(16)11-13(17)15(6,9-3)10-4;/h8-14,16-17,32H,7H2,1-6H3;11,16H,7-10H2,1-6H3;/q-1;;/b18-8+;12-11-;. The molecule has 1 radical (unpaired) electrons. The number of phenols is 1. The van der Waals surface area contributed by atoms with Gasteiger partial charge in [-0.1, -0.05) is 93.4 Å². The zero-order valence-corrected chi connectivity index (χ0v) is 36.4. The van der Waals surface area contributed by atoms with E-state index in [0.29, 0.717) is 5.92 Å². The molecular weight excluding hydrogens is 843 g/mol. The van der Waals surface area contributed by atoms with Crippen LogP contribution in [0.2, 0.25) is 0 Å². The summed E-state index contributed by atoms with van der Waals surface area (Å²) in [4.78, 5) is 17.0. The van der Waals surface area contributed by atoms with Gasteiger partial charge in [0.1, 0.15) is 22.7 Å². The number of rotatable bonds is 11. The van der Waals surface area contributed by atoms with Crippen LogP contribution >= 0.6 is 11.3 Å². The topological polar surface area (TPSA) is 83.6 Å². The van der Waals surface area contributed by atoms with E-state index in [2.05, 4.69) is 71.2 Å². The summed E-state index contributed by atoms with van der Waals surface area (Å²) >= 11 is 1.76. The van der Waals surface area contributed by atoms with Crippen LogP contribution in [-0.2, 0) is 30.3 Å². The number of hydrogen-bond acceptors (Lipinski definition) is 6. The number of carbonyl (C=O) groups is 1. The van der Waals surface area contributed by atoms with E-state index in [1.165, 1.54) is 16.3 Å². The number of benzene rings is 2. The molecule has 283 valence electrons. The molecule has 0 bridgehead atoms. The van der Waals surface area contributed by atoms with Crippen molar-refractivity contribution in [2.75, 3.05) is 0 Å². The van der Waals surface area contributed by atoms with E-state index in [0.717, 1.165) is 81.8 Å². The number of aromatic nitrogens is 1. The van der Waals surface area contributed by atoms with Gasteiger partial charge >= 0.3 is 0 Å². The number of carbonyl (C=O) groups excluding carboxylic acids is 1. The summed E-state index contributed by atoms with van der Waals surface area (Å²) in [5, 5.41) is 26.1. The van der Waals surface area contributed by atoms with Gasteiger partial charge in [-0.25, -0.2) is 0 Å². The molecule has 3 heterocycles. The molecule has 0 unspecified atom stereocenters. The van der Waals surface area contributed by atoms with Crippen molar-refractivity contribution in [3.8, 4) is 17.0 Å². The van der Waals surface area contributed by atoms with Crippen LogP contribution < -0.4 is 0 Å². The van der Waals surface area contributed by atoms with Crippen molar-refractivity contribution < 1.29 is 39.5 Å². The third-order valence-electron chi connectivity index (χ3n) is 11.0. The minimum absolute atomic E-state index is 0. The molecule has 3 aromatic heterocycles. The molecule has 52 heavy (non-hydrogen) atoms. The number of hydrogen-bond donors (Lipinski definition) is 2. The number of allylic oxidation sites excluding steroid dienone is 4. The van der Waals surface area contributed by atoms with Crippen molar-refractivity contribution in [2.45, 2.75) is 121 Å². The molecule has 0 saturated heterocycles. The second-order valence-electron chi connectivity index (χ2n) is 15.9. The summed E-state index contributed by atoms with van der Waals surface area (Å²) in [7, 11) is 0. The van der Waals surface area contributed by atoms with E-state index in [1.54, 1.807) is 23.6 Å². The Balaban J connectivity index is 0.000000347. The Kier molecular flexibility index (Phi) is 14.3. The first-order valence-corrected chi connectivity index (χ1v) is 19.4. The number of fused-ring (bicyclic) bond motifs is 4. The summed E-state index contributed by atoms with van der Waals surface area (Å²) in [6.07, 6.45) is 9.70. The van der Waals surface area contributed by atoms with E-state index < -0.39 is 0 Å². The monoisotopic (exact) mass is 901 g/mol. The molecule has 0 amide bonds. The van der Waals surface area contributed by atoms with Crippen molar-refractivity contribution in [3.05, 3.63) is 77.0 Å².